The van der Waals surface area contributed by atoms with Crippen molar-refractivity contribution < 1.29 is 4.74 Å². The SMILES string of the molecule is CCN(CCNc1cc(OC)cc2cccnc12)CC(C)C.Cl.Cl. The summed E-state index contributed by atoms with van der Waals surface area (Å²) in [4.78, 5) is 6.96. The molecule has 1 aromatic carbocycles. The first-order chi connectivity index (χ1) is 10.6. The van der Waals surface area contributed by atoms with Crippen LogP contribution in [0.15, 0.2) is 30.5 Å². The van der Waals surface area contributed by atoms with Crippen LogP contribution >= 0.6 is 24.8 Å². The molecule has 0 unspecified atom stereocenters. The number of fused-ring (bicyclic) bond motifs is 1. The van der Waals surface area contributed by atoms with Crippen LogP contribution in [0.25, 0.3) is 10.9 Å². The average molecular weight is 374 g/mol. The van der Waals surface area contributed by atoms with E-state index in [2.05, 4.69) is 42.0 Å². The zero-order valence-electron chi connectivity index (χ0n) is 14.9. The average Bonchev–Trinajstić information content (AvgIpc) is 2.53. The van der Waals surface area contributed by atoms with E-state index < -0.39 is 0 Å². The zero-order chi connectivity index (χ0) is 15.9. The molecule has 6 heteroatoms. The van der Waals surface area contributed by atoms with Gasteiger partial charge in [-0.15, -0.1) is 24.8 Å². The van der Waals surface area contributed by atoms with E-state index in [9.17, 15) is 0 Å². The normalized spacial score (nSPS) is 10.4. The predicted octanol–water partition coefficient (Wildman–Crippen LogP) is 4.48. The highest BCUT2D eigenvalue weighted by molar-refractivity contribution is 5.91. The fraction of sp³-hybridized carbons (Fsp3) is 0.500. The number of pyridine rings is 1. The third-order valence-electron chi connectivity index (χ3n) is 3.73. The van der Waals surface area contributed by atoms with Crippen LogP contribution in [0, 0.1) is 5.92 Å². The molecule has 0 aliphatic carbocycles. The van der Waals surface area contributed by atoms with Crippen molar-refractivity contribution in [1.82, 2.24) is 9.88 Å². The molecule has 1 heterocycles. The molecule has 0 radical (unpaired) electrons. The molecule has 0 amide bonds. The lowest BCUT2D eigenvalue weighted by Crippen LogP contribution is -2.32. The summed E-state index contributed by atoms with van der Waals surface area (Å²) in [6, 6.07) is 8.05. The molecule has 0 bridgehead atoms. The predicted molar refractivity (Wildman–Crippen MR) is 108 cm³/mol. The molecule has 0 saturated carbocycles. The van der Waals surface area contributed by atoms with Gasteiger partial charge < -0.3 is 15.0 Å². The third kappa shape index (κ3) is 6.34. The standard InChI is InChI=1S/C18H27N3O.2ClH/c1-5-21(13-14(2)3)10-9-19-17-12-16(22-4)11-15-7-6-8-20-18(15)17;;/h6-8,11-12,14,19H,5,9-10,13H2,1-4H3;2*1H. The summed E-state index contributed by atoms with van der Waals surface area (Å²) >= 11 is 0. The minimum Gasteiger partial charge on any atom is -0.497 e. The largest absolute Gasteiger partial charge is 0.497 e. The molecule has 0 aliphatic rings. The van der Waals surface area contributed by atoms with Crippen molar-refractivity contribution in [2.45, 2.75) is 20.8 Å². The van der Waals surface area contributed by atoms with E-state index in [0.717, 1.165) is 48.5 Å². The minimum atomic E-state index is 0. The molecule has 2 aromatic rings. The molecule has 2 rings (SSSR count). The lowest BCUT2D eigenvalue weighted by Gasteiger charge is -2.23. The van der Waals surface area contributed by atoms with Crippen molar-refractivity contribution in [2.75, 3.05) is 38.6 Å². The lowest BCUT2D eigenvalue weighted by atomic mass is 10.1. The van der Waals surface area contributed by atoms with Gasteiger partial charge >= 0.3 is 0 Å². The van der Waals surface area contributed by atoms with Crippen LogP contribution < -0.4 is 10.1 Å². The maximum absolute atomic E-state index is 5.39. The summed E-state index contributed by atoms with van der Waals surface area (Å²) < 4.78 is 5.39. The van der Waals surface area contributed by atoms with Crippen LogP contribution in [0.2, 0.25) is 0 Å². The van der Waals surface area contributed by atoms with Gasteiger partial charge in [0.25, 0.3) is 0 Å². The van der Waals surface area contributed by atoms with E-state index in [4.69, 9.17) is 4.74 Å². The number of benzene rings is 1. The summed E-state index contributed by atoms with van der Waals surface area (Å²) in [6.07, 6.45) is 1.83. The Balaban J connectivity index is 0.00000264. The van der Waals surface area contributed by atoms with Crippen LogP contribution in [0.1, 0.15) is 20.8 Å². The van der Waals surface area contributed by atoms with Gasteiger partial charge in [0.1, 0.15) is 5.75 Å². The Morgan fingerprint density at radius 2 is 2.00 bits per heavy atom. The minimum absolute atomic E-state index is 0. The van der Waals surface area contributed by atoms with Crippen molar-refractivity contribution in [3.05, 3.63) is 30.5 Å². The number of aromatic nitrogens is 1. The van der Waals surface area contributed by atoms with Gasteiger partial charge in [-0.2, -0.15) is 0 Å². The summed E-state index contributed by atoms with van der Waals surface area (Å²) in [5.74, 6) is 1.55. The Labute approximate surface area is 157 Å². The summed E-state index contributed by atoms with van der Waals surface area (Å²) in [7, 11) is 1.70. The van der Waals surface area contributed by atoms with E-state index in [0.29, 0.717) is 5.92 Å². The Bertz CT molecular complexity index is 608. The number of halogens is 2. The molecule has 4 nitrogen and oxygen atoms in total. The van der Waals surface area contributed by atoms with E-state index in [-0.39, 0.29) is 24.8 Å². The van der Waals surface area contributed by atoms with E-state index in [1.165, 1.54) is 0 Å². The zero-order valence-corrected chi connectivity index (χ0v) is 16.5. The number of nitrogens with one attached hydrogen (secondary N) is 1. The topological polar surface area (TPSA) is 37.4 Å². The highest BCUT2D eigenvalue weighted by Crippen LogP contribution is 2.27. The molecule has 0 saturated heterocycles. The van der Waals surface area contributed by atoms with Gasteiger partial charge in [-0.05, 0) is 24.6 Å². The van der Waals surface area contributed by atoms with Crippen LogP contribution in [-0.2, 0) is 0 Å². The fourth-order valence-corrected chi connectivity index (χ4v) is 2.66. The second-order valence-corrected chi connectivity index (χ2v) is 5.96. The van der Waals surface area contributed by atoms with Gasteiger partial charge in [-0.1, -0.05) is 26.8 Å². The van der Waals surface area contributed by atoms with Crippen molar-refractivity contribution >= 4 is 41.4 Å². The van der Waals surface area contributed by atoms with Crippen LogP contribution in [0.5, 0.6) is 5.75 Å². The Kier molecular flexibility index (Phi) is 10.8. The molecule has 24 heavy (non-hydrogen) atoms. The van der Waals surface area contributed by atoms with Gasteiger partial charge in [0.15, 0.2) is 0 Å². The van der Waals surface area contributed by atoms with Crippen molar-refractivity contribution in [3.8, 4) is 5.75 Å². The molecule has 0 spiro atoms. The molecule has 136 valence electrons. The fourth-order valence-electron chi connectivity index (χ4n) is 2.66. The van der Waals surface area contributed by atoms with Gasteiger partial charge in [0.2, 0.25) is 0 Å². The highest BCUT2D eigenvalue weighted by Gasteiger charge is 2.07. The summed E-state index contributed by atoms with van der Waals surface area (Å²) in [5.41, 5.74) is 2.03. The van der Waals surface area contributed by atoms with Crippen molar-refractivity contribution in [3.63, 3.8) is 0 Å². The first-order valence-electron chi connectivity index (χ1n) is 8.03. The smallest absolute Gasteiger partial charge is 0.121 e. The monoisotopic (exact) mass is 373 g/mol. The Morgan fingerprint density at radius 3 is 2.62 bits per heavy atom. The maximum atomic E-state index is 5.39. The lowest BCUT2D eigenvalue weighted by molar-refractivity contribution is 0.265. The third-order valence-corrected chi connectivity index (χ3v) is 3.73. The summed E-state index contributed by atoms with van der Waals surface area (Å²) in [6.45, 7) is 10.9. The number of hydrogen-bond donors (Lipinski definition) is 1. The molecule has 0 aliphatic heterocycles. The van der Waals surface area contributed by atoms with Crippen molar-refractivity contribution in [1.29, 1.82) is 0 Å². The number of likely N-dealkylation sites (N-methyl/N-ethyl adjacent to an activating group) is 1. The number of hydrogen-bond acceptors (Lipinski definition) is 4. The number of rotatable bonds is 8. The second kappa shape index (κ2) is 11.3. The van der Waals surface area contributed by atoms with Crippen molar-refractivity contribution in [2.24, 2.45) is 5.92 Å². The molecular weight excluding hydrogens is 345 g/mol. The van der Waals surface area contributed by atoms with Crippen LogP contribution in [-0.4, -0.2) is 43.2 Å². The first kappa shape index (κ1) is 22.8. The van der Waals surface area contributed by atoms with Gasteiger partial charge in [0.05, 0.1) is 18.3 Å². The van der Waals surface area contributed by atoms with E-state index in [1.54, 1.807) is 7.11 Å². The van der Waals surface area contributed by atoms with E-state index in [1.807, 2.05) is 24.4 Å². The molecule has 0 atom stereocenters. The number of methoxy groups -OCH3 is 1. The van der Waals surface area contributed by atoms with Gasteiger partial charge in [-0.3, -0.25) is 4.98 Å². The Hall–Kier alpha value is -1.23. The second-order valence-electron chi connectivity index (χ2n) is 5.96. The number of nitrogens with zero attached hydrogens (tertiary/aromatic N) is 2. The van der Waals surface area contributed by atoms with Crippen LogP contribution in [0.4, 0.5) is 5.69 Å². The number of anilines is 1. The molecular formula is C18H29Cl2N3O. The molecule has 0 fully saturated rings. The maximum Gasteiger partial charge on any atom is 0.121 e. The van der Waals surface area contributed by atoms with Crippen LogP contribution in [0.3, 0.4) is 0 Å². The van der Waals surface area contributed by atoms with E-state index >= 15 is 0 Å². The van der Waals surface area contributed by atoms with Gasteiger partial charge in [0, 0.05) is 37.3 Å². The highest BCUT2D eigenvalue weighted by atomic mass is 35.5. The quantitative estimate of drug-likeness (QED) is 0.740. The summed E-state index contributed by atoms with van der Waals surface area (Å²) in [5, 5.41) is 4.61. The Morgan fingerprint density at radius 1 is 1.25 bits per heavy atom. The number of ether oxygens (including phenoxy) is 1. The van der Waals surface area contributed by atoms with Gasteiger partial charge in [-0.25, -0.2) is 0 Å². The first-order valence-corrected chi connectivity index (χ1v) is 8.03. The molecule has 1 N–H and O–H groups in total. The molecule has 1 aromatic heterocycles.